The molecule has 1 amide bonds. The molecule has 0 fully saturated rings. The number of rotatable bonds is 3. The topological polar surface area (TPSA) is 110 Å². The molecule has 1 aromatic carbocycles. The van der Waals surface area contributed by atoms with E-state index >= 15 is 0 Å². The maximum atomic E-state index is 10.4. The third kappa shape index (κ3) is 6.62. The Morgan fingerprint density at radius 1 is 1.15 bits per heavy atom. The first-order valence-electron chi connectivity index (χ1n) is 5.57. The Bertz CT molecular complexity index is 643. The number of carbonyl (C=O) groups excluding carboxylic acids is 1. The lowest BCUT2D eigenvalue weighted by molar-refractivity contribution is 0.1000. The van der Waals surface area contributed by atoms with Crippen LogP contribution >= 0.6 is 0 Å². The van der Waals surface area contributed by atoms with Gasteiger partial charge in [-0.1, -0.05) is 30.3 Å². The van der Waals surface area contributed by atoms with E-state index in [-0.39, 0.29) is 5.75 Å². The molecule has 2 aromatic rings. The number of primary amides is 1. The van der Waals surface area contributed by atoms with Gasteiger partial charge < -0.3 is 5.73 Å². The van der Waals surface area contributed by atoms with Crippen LogP contribution in [0.5, 0.6) is 0 Å². The molecule has 0 radical (unpaired) electrons. The first-order valence-corrected chi connectivity index (χ1v) is 7.18. The van der Waals surface area contributed by atoms with E-state index in [1.165, 1.54) is 6.20 Å². The largest absolute Gasteiger partial charge is 0.366 e. The molecule has 6 nitrogen and oxygen atoms in total. The SMILES string of the molecule is NC(=O)c1cccnc1.O=S(=O)(O)Cc1ccccc1. The van der Waals surface area contributed by atoms with Crippen molar-refractivity contribution in [2.75, 3.05) is 0 Å². The first-order chi connectivity index (χ1) is 9.38. The van der Waals surface area contributed by atoms with Crippen molar-refractivity contribution in [1.29, 1.82) is 0 Å². The van der Waals surface area contributed by atoms with Crippen LogP contribution in [0.2, 0.25) is 0 Å². The van der Waals surface area contributed by atoms with E-state index in [4.69, 9.17) is 10.3 Å². The Morgan fingerprint density at radius 2 is 1.80 bits per heavy atom. The molecule has 0 atom stereocenters. The normalized spacial score (nSPS) is 10.2. The van der Waals surface area contributed by atoms with Crippen molar-refractivity contribution in [2.24, 2.45) is 5.73 Å². The smallest absolute Gasteiger partial charge is 0.269 e. The number of hydrogen-bond acceptors (Lipinski definition) is 4. The molecule has 0 saturated heterocycles. The van der Waals surface area contributed by atoms with Crippen LogP contribution in [0.15, 0.2) is 54.9 Å². The number of benzene rings is 1. The third-order valence-electron chi connectivity index (χ3n) is 2.14. The lowest BCUT2D eigenvalue weighted by atomic mass is 10.2. The van der Waals surface area contributed by atoms with Gasteiger partial charge in [0.15, 0.2) is 0 Å². The Labute approximate surface area is 117 Å². The number of nitrogens with two attached hydrogens (primary N) is 1. The Balaban J connectivity index is 0.000000204. The predicted octanol–water partition coefficient (Wildman–Crippen LogP) is 1.25. The van der Waals surface area contributed by atoms with E-state index in [0.717, 1.165) is 0 Å². The molecule has 0 aliphatic carbocycles. The van der Waals surface area contributed by atoms with E-state index < -0.39 is 16.0 Å². The van der Waals surface area contributed by atoms with Gasteiger partial charge in [0, 0.05) is 12.4 Å². The zero-order valence-electron chi connectivity index (χ0n) is 10.5. The average molecular weight is 294 g/mol. The molecule has 0 aliphatic rings. The minimum Gasteiger partial charge on any atom is -0.366 e. The Hall–Kier alpha value is -2.25. The molecule has 1 aromatic heterocycles. The molecule has 1 heterocycles. The molecule has 7 heteroatoms. The van der Waals surface area contributed by atoms with Crippen LogP contribution in [-0.2, 0) is 15.9 Å². The van der Waals surface area contributed by atoms with E-state index in [1.807, 2.05) is 0 Å². The molecule has 106 valence electrons. The summed E-state index contributed by atoms with van der Waals surface area (Å²) in [6, 6.07) is 11.8. The van der Waals surface area contributed by atoms with Crippen LogP contribution < -0.4 is 5.73 Å². The van der Waals surface area contributed by atoms with Crippen LogP contribution in [0.1, 0.15) is 15.9 Å². The highest BCUT2D eigenvalue weighted by Crippen LogP contribution is 2.02. The summed E-state index contributed by atoms with van der Waals surface area (Å²) in [5, 5.41) is 0. The fourth-order valence-electron chi connectivity index (χ4n) is 1.29. The zero-order chi connectivity index (χ0) is 15.0. The van der Waals surface area contributed by atoms with Gasteiger partial charge in [-0.25, -0.2) is 0 Å². The number of amides is 1. The molecule has 3 N–H and O–H groups in total. The Morgan fingerprint density at radius 3 is 2.20 bits per heavy atom. The Kier molecular flexibility index (Phi) is 5.82. The van der Waals surface area contributed by atoms with Crippen LogP contribution in [0.25, 0.3) is 0 Å². The summed E-state index contributed by atoms with van der Waals surface area (Å²) in [4.78, 5) is 14.1. The van der Waals surface area contributed by atoms with Crippen LogP contribution in [-0.4, -0.2) is 23.9 Å². The second-order valence-corrected chi connectivity index (χ2v) is 5.27. The number of pyridine rings is 1. The minimum absolute atomic E-state index is 0.312. The predicted molar refractivity (Wildman–Crippen MR) is 74.4 cm³/mol. The number of hydrogen-bond donors (Lipinski definition) is 2. The molecule has 2 rings (SSSR count). The van der Waals surface area contributed by atoms with Gasteiger partial charge >= 0.3 is 0 Å². The second-order valence-electron chi connectivity index (χ2n) is 3.82. The fourth-order valence-corrected chi connectivity index (χ4v) is 1.91. The summed E-state index contributed by atoms with van der Waals surface area (Å²) in [5.41, 5.74) is 5.97. The second kappa shape index (κ2) is 7.37. The lowest BCUT2D eigenvalue weighted by Gasteiger charge is -1.95. The van der Waals surface area contributed by atoms with Gasteiger partial charge in [-0.2, -0.15) is 8.42 Å². The minimum atomic E-state index is -3.88. The van der Waals surface area contributed by atoms with Crippen molar-refractivity contribution >= 4 is 16.0 Å². The lowest BCUT2D eigenvalue weighted by Crippen LogP contribution is -2.10. The molecule has 0 bridgehead atoms. The third-order valence-corrected chi connectivity index (χ3v) is 2.84. The quantitative estimate of drug-likeness (QED) is 0.828. The molecule has 0 saturated carbocycles. The molecule has 0 spiro atoms. The zero-order valence-corrected chi connectivity index (χ0v) is 11.3. The maximum absolute atomic E-state index is 10.4. The van der Waals surface area contributed by atoms with Crippen LogP contribution in [0, 0.1) is 0 Å². The maximum Gasteiger partial charge on any atom is 0.269 e. The van der Waals surface area contributed by atoms with E-state index in [0.29, 0.717) is 11.1 Å². The highest BCUT2D eigenvalue weighted by molar-refractivity contribution is 7.85. The summed E-state index contributed by atoms with van der Waals surface area (Å²) in [6.07, 6.45) is 3.02. The molecule has 0 aliphatic heterocycles. The van der Waals surface area contributed by atoms with Gasteiger partial charge in [0.25, 0.3) is 10.1 Å². The van der Waals surface area contributed by atoms with Gasteiger partial charge in [-0.15, -0.1) is 0 Å². The van der Waals surface area contributed by atoms with Gasteiger partial charge in [-0.05, 0) is 17.7 Å². The summed E-state index contributed by atoms with van der Waals surface area (Å²) in [5.74, 6) is -0.753. The molecule has 0 unspecified atom stereocenters. The van der Waals surface area contributed by atoms with Crippen molar-refractivity contribution in [3.63, 3.8) is 0 Å². The summed E-state index contributed by atoms with van der Waals surface area (Å²) >= 11 is 0. The van der Waals surface area contributed by atoms with Gasteiger partial charge in [0.05, 0.1) is 5.56 Å². The number of aromatic nitrogens is 1. The molecular weight excluding hydrogens is 280 g/mol. The van der Waals surface area contributed by atoms with E-state index in [1.54, 1.807) is 48.7 Å². The van der Waals surface area contributed by atoms with Crippen molar-refractivity contribution in [2.45, 2.75) is 5.75 Å². The standard InChI is InChI=1S/C7H8O3S.C6H6N2O/c8-11(9,10)6-7-4-2-1-3-5-7;7-6(9)5-2-1-3-8-4-5/h1-5H,6H2,(H,8,9,10);1-4H,(H2,7,9). The molecular formula is C13H14N2O4S. The van der Waals surface area contributed by atoms with Crippen LogP contribution in [0.4, 0.5) is 0 Å². The summed E-state index contributed by atoms with van der Waals surface area (Å²) in [7, 11) is -3.88. The highest BCUT2D eigenvalue weighted by Gasteiger charge is 2.04. The van der Waals surface area contributed by atoms with Crippen molar-refractivity contribution in [3.8, 4) is 0 Å². The summed E-state index contributed by atoms with van der Waals surface area (Å²) in [6.45, 7) is 0. The fraction of sp³-hybridized carbons (Fsp3) is 0.0769. The van der Waals surface area contributed by atoms with Crippen molar-refractivity contribution in [1.82, 2.24) is 4.98 Å². The highest BCUT2D eigenvalue weighted by atomic mass is 32.2. The van der Waals surface area contributed by atoms with Crippen LogP contribution in [0.3, 0.4) is 0 Å². The average Bonchev–Trinajstić information content (AvgIpc) is 2.40. The monoisotopic (exact) mass is 294 g/mol. The van der Waals surface area contributed by atoms with Gasteiger partial charge in [0.1, 0.15) is 5.75 Å². The van der Waals surface area contributed by atoms with Crippen molar-refractivity contribution < 1.29 is 17.8 Å². The van der Waals surface area contributed by atoms with Gasteiger partial charge in [0.2, 0.25) is 5.91 Å². The van der Waals surface area contributed by atoms with E-state index in [9.17, 15) is 13.2 Å². The van der Waals surface area contributed by atoms with E-state index in [2.05, 4.69) is 4.98 Å². The van der Waals surface area contributed by atoms with Crippen molar-refractivity contribution in [3.05, 3.63) is 66.0 Å². The number of nitrogens with zero attached hydrogens (tertiary/aromatic N) is 1. The number of carbonyl (C=O) groups is 1. The molecule has 20 heavy (non-hydrogen) atoms. The summed E-state index contributed by atoms with van der Waals surface area (Å²) < 4.78 is 29.2. The van der Waals surface area contributed by atoms with Gasteiger partial charge in [-0.3, -0.25) is 14.3 Å². The first kappa shape index (κ1) is 15.8.